The molecule has 1 rings (SSSR count). The molecule has 20 heavy (non-hydrogen) atoms. The highest BCUT2D eigenvalue weighted by Crippen LogP contribution is 2.21. The molecule has 0 aliphatic heterocycles. The smallest absolute Gasteiger partial charge is 0.339 e. The molecule has 110 valence electrons. The van der Waals surface area contributed by atoms with Crippen LogP contribution in [0.4, 0.5) is 0 Å². The van der Waals surface area contributed by atoms with E-state index in [0.717, 1.165) is 25.3 Å². The molecule has 0 amide bonds. The molecule has 0 spiro atoms. The molecule has 1 aromatic carbocycles. The Morgan fingerprint density at radius 2 is 1.95 bits per heavy atom. The van der Waals surface area contributed by atoms with Gasteiger partial charge in [-0.2, -0.15) is 4.72 Å². The Kier molecular flexibility index (Phi) is 4.69. The lowest BCUT2D eigenvalue weighted by atomic mass is 10.2. The Morgan fingerprint density at radius 1 is 1.35 bits per heavy atom. The third-order valence-electron chi connectivity index (χ3n) is 2.40. The third kappa shape index (κ3) is 3.45. The van der Waals surface area contributed by atoms with Crippen LogP contribution in [0.2, 0.25) is 0 Å². The third-order valence-corrected chi connectivity index (χ3v) is 3.93. The second-order valence-corrected chi connectivity index (χ2v) is 5.56. The minimum atomic E-state index is -4.11. The number of aromatic carboxylic acids is 1. The van der Waals surface area contributed by atoms with Crippen molar-refractivity contribution in [3.63, 3.8) is 0 Å². The zero-order valence-electron chi connectivity index (χ0n) is 10.7. The molecule has 0 bridgehead atoms. The van der Waals surface area contributed by atoms with E-state index < -0.39 is 39.3 Å². The molecule has 0 fully saturated rings. The maximum absolute atomic E-state index is 12.0. The van der Waals surface area contributed by atoms with E-state index in [4.69, 9.17) is 5.11 Å². The van der Waals surface area contributed by atoms with Crippen LogP contribution in [0.1, 0.15) is 17.3 Å². The minimum Gasteiger partial charge on any atom is -0.507 e. The number of phenols is 1. The van der Waals surface area contributed by atoms with Crippen molar-refractivity contribution in [2.75, 3.05) is 7.11 Å². The van der Waals surface area contributed by atoms with Crippen LogP contribution in [-0.2, 0) is 19.6 Å². The van der Waals surface area contributed by atoms with Crippen molar-refractivity contribution in [1.82, 2.24) is 4.72 Å². The molecule has 0 radical (unpaired) electrons. The van der Waals surface area contributed by atoms with E-state index >= 15 is 0 Å². The fourth-order valence-corrected chi connectivity index (χ4v) is 2.60. The maximum atomic E-state index is 12.0. The van der Waals surface area contributed by atoms with Crippen molar-refractivity contribution in [3.8, 4) is 5.75 Å². The number of hydrogen-bond donors (Lipinski definition) is 3. The summed E-state index contributed by atoms with van der Waals surface area (Å²) >= 11 is 0. The van der Waals surface area contributed by atoms with Gasteiger partial charge in [-0.25, -0.2) is 13.2 Å². The van der Waals surface area contributed by atoms with E-state index in [1.54, 1.807) is 0 Å². The van der Waals surface area contributed by atoms with Crippen molar-refractivity contribution < 1.29 is 33.0 Å². The highest BCUT2D eigenvalue weighted by molar-refractivity contribution is 7.89. The van der Waals surface area contributed by atoms with Crippen LogP contribution in [0.15, 0.2) is 23.1 Å². The van der Waals surface area contributed by atoms with Crippen molar-refractivity contribution in [3.05, 3.63) is 23.8 Å². The monoisotopic (exact) mass is 303 g/mol. The number of methoxy groups -OCH3 is 1. The number of aromatic hydroxyl groups is 1. The molecule has 1 aromatic rings. The van der Waals surface area contributed by atoms with Gasteiger partial charge in [-0.3, -0.25) is 4.79 Å². The first kappa shape index (κ1) is 15.9. The number of ether oxygens (including phenoxy) is 1. The van der Waals surface area contributed by atoms with Crippen molar-refractivity contribution in [2.45, 2.75) is 17.9 Å². The Bertz CT molecular complexity index is 638. The quantitative estimate of drug-likeness (QED) is 0.649. The summed E-state index contributed by atoms with van der Waals surface area (Å²) in [5.41, 5.74) is -0.557. The summed E-state index contributed by atoms with van der Waals surface area (Å²) in [6, 6.07) is 1.63. The van der Waals surface area contributed by atoms with Crippen molar-refractivity contribution >= 4 is 22.0 Å². The summed E-state index contributed by atoms with van der Waals surface area (Å²) in [5, 5.41) is 18.1. The predicted octanol–water partition coefficient (Wildman–Crippen LogP) is -0.0698. The van der Waals surface area contributed by atoms with E-state index in [-0.39, 0.29) is 4.90 Å². The largest absolute Gasteiger partial charge is 0.507 e. The predicted molar refractivity (Wildman–Crippen MR) is 66.9 cm³/mol. The number of hydrogen-bond acceptors (Lipinski definition) is 6. The Hall–Kier alpha value is -2.13. The molecular formula is C11H13NO7S. The Morgan fingerprint density at radius 3 is 2.45 bits per heavy atom. The average Bonchev–Trinajstić information content (AvgIpc) is 2.36. The van der Waals surface area contributed by atoms with Gasteiger partial charge in [0.1, 0.15) is 17.4 Å². The first-order valence-electron chi connectivity index (χ1n) is 5.35. The van der Waals surface area contributed by atoms with Gasteiger partial charge in [-0.15, -0.1) is 0 Å². The van der Waals surface area contributed by atoms with Gasteiger partial charge in [0.05, 0.1) is 12.0 Å². The number of rotatable bonds is 5. The Labute approximate surface area is 115 Å². The van der Waals surface area contributed by atoms with Gasteiger partial charge in [-0.05, 0) is 25.1 Å². The Balaban J connectivity index is 3.13. The number of carboxylic acid groups (broad SMARTS) is 1. The van der Waals surface area contributed by atoms with Gasteiger partial charge in [0.25, 0.3) is 0 Å². The summed E-state index contributed by atoms with van der Waals surface area (Å²) in [6.45, 7) is 1.28. The number of nitrogens with one attached hydrogen (secondary N) is 1. The number of carbonyl (C=O) groups excluding carboxylic acids is 1. The van der Waals surface area contributed by atoms with Crippen LogP contribution in [0, 0.1) is 0 Å². The molecule has 9 heteroatoms. The van der Waals surface area contributed by atoms with Gasteiger partial charge in [0, 0.05) is 0 Å². The molecule has 0 aliphatic rings. The molecule has 8 nitrogen and oxygen atoms in total. The van der Waals surface area contributed by atoms with Crippen LogP contribution in [-0.4, -0.2) is 43.7 Å². The SMILES string of the molecule is COC(=O)C(C)NS(=O)(=O)c1ccc(O)c(C(=O)O)c1. The first-order valence-corrected chi connectivity index (χ1v) is 6.84. The highest BCUT2D eigenvalue weighted by atomic mass is 32.2. The minimum absolute atomic E-state index is 0.386. The van der Waals surface area contributed by atoms with Gasteiger partial charge >= 0.3 is 11.9 Å². The lowest BCUT2D eigenvalue weighted by Gasteiger charge is -2.12. The normalized spacial score (nSPS) is 12.7. The number of benzene rings is 1. The molecule has 0 aromatic heterocycles. The maximum Gasteiger partial charge on any atom is 0.339 e. The van der Waals surface area contributed by atoms with Crippen LogP contribution in [0.3, 0.4) is 0 Å². The molecule has 3 N–H and O–H groups in total. The van der Waals surface area contributed by atoms with E-state index in [1.807, 2.05) is 4.72 Å². The summed E-state index contributed by atoms with van der Waals surface area (Å²) in [6.07, 6.45) is 0. The van der Waals surface area contributed by atoms with E-state index in [1.165, 1.54) is 6.92 Å². The summed E-state index contributed by atoms with van der Waals surface area (Å²) in [4.78, 5) is 21.6. The fraction of sp³-hybridized carbons (Fsp3) is 0.273. The van der Waals surface area contributed by atoms with Crippen LogP contribution >= 0.6 is 0 Å². The van der Waals surface area contributed by atoms with Crippen molar-refractivity contribution in [2.24, 2.45) is 0 Å². The number of esters is 1. The lowest BCUT2D eigenvalue weighted by Crippen LogP contribution is -2.39. The van der Waals surface area contributed by atoms with Gasteiger partial charge in [0.15, 0.2) is 0 Å². The second kappa shape index (κ2) is 5.88. The topological polar surface area (TPSA) is 130 Å². The first-order chi connectivity index (χ1) is 9.19. The molecule has 0 heterocycles. The number of carboxylic acids is 1. The van der Waals surface area contributed by atoms with Gasteiger partial charge in [0.2, 0.25) is 10.0 Å². The second-order valence-electron chi connectivity index (χ2n) is 3.85. The highest BCUT2D eigenvalue weighted by Gasteiger charge is 2.24. The van der Waals surface area contributed by atoms with E-state index in [9.17, 15) is 23.1 Å². The molecule has 0 aliphatic carbocycles. The zero-order valence-corrected chi connectivity index (χ0v) is 11.5. The molecular weight excluding hydrogens is 290 g/mol. The number of sulfonamides is 1. The van der Waals surface area contributed by atoms with Crippen LogP contribution in [0.5, 0.6) is 5.75 Å². The van der Waals surface area contributed by atoms with Crippen LogP contribution < -0.4 is 4.72 Å². The van der Waals surface area contributed by atoms with Crippen LogP contribution in [0.25, 0.3) is 0 Å². The molecule has 1 unspecified atom stereocenters. The molecule has 1 atom stereocenters. The lowest BCUT2D eigenvalue weighted by molar-refractivity contribution is -0.142. The zero-order chi connectivity index (χ0) is 15.5. The fourth-order valence-electron chi connectivity index (χ4n) is 1.38. The molecule has 0 saturated carbocycles. The van der Waals surface area contributed by atoms with Gasteiger partial charge < -0.3 is 14.9 Å². The van der Waals surface area contributed by atoms with Crippen molar-refractivity contribution in [1.29, 1.82) is 0 Å². The standard InChI is InChI=1S/C11H13NO7S/c1-6(11(16)19-2)12-20(17,18)7-3-4-9(13)8(5-7)10(14)15/h3-6,12-13H,1-2H3,(H,14,15). The summed E-state index contributed by atoms with van der Waals surface area (Å²) in [5.74, 6) is -2.82. The number of carbonyl (C=O) groups is 2. The van der Waals surface area contributed by atoms with E-state index in [2.05, 4.69) is 4.74 Å². The average molecular weight is 303 g/mol. The van der Waals surface area contributed by atoms with E-state index in [0.29, 0.717) is 0 Å². The molecule has 0 saturated heterocycles. The summed E-state index contributed by atoms with van der Waals surface area (Å²) in [7, 11) is -3.01. The van der Waals surface area contributed by atoms with Gasteiger partial charge in [-0.1, -0.05) is 0 Å². The summed E-state index contributed by atoms with van der Waals surface area (Å²) < 4.78 is 30.3.